The van der Waals surface area contributed by atoms with Crippen LogP contribution in [0.2, 0.25) is 0 Å². The minimum atomic E-state index is -0.00558. The molecule has 2 unspecified atom stereocenters. The van der Waals surface area contributed by atoms with Crippen LogP contribution in [0.4, 0.5) is 0 Å². The first-order valence-electron chi connectivity index (χ1n) is 10.7. The van der Waals surface area contributed by atoms with E-state index in [1.54, 1.807) is 7.11 Å². The molecular formula is C26H35NO4. The molecule has 0 saturated heterocycles. The molecule has 0 bridgehead atoms. The molecule has 5 nitrogen and oxygen atoms in total. The summed E-state index contributed by atoms with van der Waals surface area (Å²) in [6.45, 7) is 12.7. The number of allylic oxidation sites excluding steroid dienone is 1. The standard InChI is InChI=1S/C26H35NO4/c1-8-9-13-29-25-14-18(2)26(19(3)15-25)31-21(5)16-20(4)30-24-12-10-11-23(17-24)22(6)27-28-7/h8-12,14-15,17,20-21H,13,16H2,1-7H3/b9-8+,27-22?. The Balaban J connectivity index is 1.97. The van der Waals surface area contributed by atoms with Gasteiger partial charge in [-0.15, -0.1) is 0 Å². The SMILES string of the molecule is C/C=C/COc1cc(C)c(OC(C)CC(C)Oc2cccc(C(C)=NOC)c2)c(C)c1. The molecule has 0 aromatic heterocycles. The Morgan fingerprint density at radius 2 is 1.68 bits per heavy atom. The van der Waals surface area contributed by atoms with Crippen LogP contribution in [0.5, 0.6) is 17.2 Å². The topological polar surface area (TPSA) is 49.3 Å². The Hall–Kier alpha value is -2.95. The van der Waals surface area contributed by atoms with Crippen molar-refractivity contribution in [3.05, 3.63) is 65.2 Å². The first kappa shape index (κ1) is 24.3. The van der Waals surface area contributed by atoms with Crippen molar-refractivity contribution in [1.82, 2.24) is 0 Å². The van der Waals surface area contributed by atoms with E-state index in [1.807, 2.05) is 76.2 Å². The largest absolute Gasteiger partial charge is 0.491 e. The van der Waals surface area contributed by atoms with Crippen molar-refractivity contribution in [3.63, 3.8) is 0 Å². The first-order chi connectivity index (χ1) is 14.8. The molecule has 5 heteroatoms. The summed E-state index contributed by atoms with van der Waals surface area (Å²) in [5.41, 5.74) is 3.91. The first-order valence-corrected chi connectivity index (χ1v) is 10.7. The third-order valence-electron chi connectivity index (χ3n) is 4.82. The van der Waals surface area contributed by atoms with Crippen LogP contribution < -0.4 is 14.2 Å². The molecule has 0 aliphatic carbocycles. The van der Waals surface area contributed by atoms with E-state index in [9.17, 15) is 0 Å². The van der Waals surface area contributed by atoms with Crippen molar-refractivity contribution >= 4 is 5.71 Å². The number of oxime groups is 1. The molecule has 0 fully saturated rings. The Kier molecular flexibility index (Phi) is 9.44. The van der Waals surface area contributed by atoms with E-state index >= 15 is 0 Å². The van der Waals surface area contributed by atoms with Gasteiger partial charge in [0.1, 0.15) is 31.0 Å². The van der Waals surface area contributed by atoms with Gasteiger partial charge in [-0.2, -0.15) is 0 Å². The van der Waals surface area contributed by atoms with Crippen molar-refractivity contribution in [2.45, 2.75) is 60.2 Å². The molecule has 0 heterocycles. The maximum Gasteiger partial charge on any atom is 0.125 e. The molecule has 0 aliphatic heterocycles. The van der Waals surface area contributed by atoms with E-state index in [-0.39, 0.29) is 12.2 Å². The van der Waals surface area contributed by atoms with Gasteiger partial charge >= 0.3 is 0 Å². The highest BCUT2D eigenvalue weighted by atomic mass is 16.6. The fourth-order valence-electron chi connectivity index (χ4n) is 3.40. The zero-order valence-electron chi connectivity index (χ0n) is 19.8. The summed E-state index contributed by atoms with van der Waals surface area (Å²) in [6, 6.07) is 11.9. The van der Waals surface area contributed by atoms with E-state index in [1.165, 1.54) is 0 Å². The van der Waals surface area contributed by atoms with Crippen LogP contribution in [-0.4, -0.2) is 31.6 Å². The second-order valence-corrected chi connectivity index (χ2v) is 7.75. The lowest BCUT2D eigenvalue weighted by Gasteiger charge is -2.23. The molecule has 2 atom stereocenters. The number of rotatable bonds is 11. The normalized spacial score (nSPS) is 13.7. The molecule has 0 N–H and O–H groups in total. The Morgan fingerprint density at radius 1 is 1.00 bits per heavy atom. The summed E-state index contributed by atoms with van der Waals surface area (Å²) in [6.07, 6.45) is 4.72. The van der Waals surface area contributed by atoms with Crippen LogP contribution in [0.25, 0.3) is 0 Å². The van der Waals surface area contributed by atoms with Gasteiger partial charge in [0.05, 0.1) is 17.9 Å². The van der Waals surface area contributed by atoms with E-state index in [2.05, 4.69) is 19.0 Å². The number of aryl methyl sites for hydroxylation is 2. The minimum Gasteiger partial charge on any atom is -0.491 e. The Morgan fingerprint density at radius 3 is 2.32 bits per heavy atom. The average molecular weight is 426 g/mol. The molecular weight excluding hydrogens is 390 g/mol. The monoisotopic (exact) mass is 425 g/mol. The van der Waals surface area contributed by atoms with E-state index < -0.39 is 0 Å². The van der Waals surface area contributed by atoms with Gasteiger partial charge in [-0.25, -0.2) is 0 Å². The smallest absolute Gasteiger partial charge is 0.125 e. The van der Waals surface area contributed by atoms with Gasteiger partial charge in [0.25, 0.3) is 0 Å². The van der Waals surface area contributed by atoms with Crippen molar-refractivity contribution in [3.8, 4) is 17.2 Å². The third-order valence-corrected chi connectivity index (χ3v) is 4.82. The van der Waals surface area contributed by atoms with Gasteiger partial charge in [-0.3, -0.25) is 0 Å². The summed E-state index contributed by atoms with van der Waals surface area (Å²) in [5.74, 6) is 2.57. The van der Waals surface area contributed by atoms with E-state index in [0.717, 1.165) is 46.1 Å². The molecule has 0 aliphatic rings. The number of hydrogen-bond acceptors (Lipinski definition) is 5. The summed E-state index contributed by atoms with van der Waals surface area (Å²) >= 11 is 0. The van der Waals surface area contributed by atoms with E-state index in [0.29, 0.717) is 6.61 Å². The molecule has 31 heavy (non-hydrogen) atoms. The molecule has 0 amide bonds. The molecule has 0 radical (unpaired) electrons. The van der Waals surface area contributed by atoms with Gasteiger partial charge in [-0.05, 0) is 76.9 Å². The summed E-state index contributed by atoms with van der Waals surface area (Å²) in [7, 11) is 1.54. The van der Waals surface area contributed by atoms with Crippen molar-refractivity contribution < 1.29 is 19.0 Å². The quantitative estimate of drug-likeness (QED) is 0.242. The summed E-state index contributed by atoms with van der Waals surface area (Å²) < 4.78 is 18.2. The average Bonchev–Trinajstić information content (AvgIpc) is 2.71. The maximum atomic E-state index is 6.27. The fraction of sp³-hybridized carbons (Fsp3) is 0.423. The second-order valence-electron chi connectivity index (χ2n) is 7.75. The highest BCUT2D eigenvalue weighted by Gasteiger charge is 2.15. The number of nitrogens with zero attached hydrogens (tertiary/aromatic N) is 1. The lowest BCUT2D eigenvalue weighted by molar-refractivity contribution is 0.129. The molecule has 2 aromatic carbocycles. The fourth-order valence-corrected chi connectivity index (χ4v) is 3.40. The number of hydrogen-bond donors (Lipinski definition) is 0. The maximum absolute atomic E-state index is 6.27. The van der Waals surface area contributed by atoms with Crippen LogP contribution in [0.1, 0.15) is 50.8 Å². The zero-order valence-corrected chi connectivity index (χ0v) is 19.8. The Bertz CT molecular complexity index is 881. The molecule has 2 aromatic rings. The van der Waals surface area contributed by atoms with Crippen molar-refractivity contribution in [2.24, 2.45) is 5.16 Å². The summed E-state index contributed by atoms with van der Waals surface area (Å²) in [5, 5.41) is 3.98. The summed E-state index contributed by atoms with van der Waals surface area (Å²) in [4.78, 5) is 4.86. The zero-order chi connectivity index (χ0) is 22.8. The molecule has 0 spiro atoms. The minimum absolute atomic E-state index is 0.00201. The van der Waals surface area contributed by atoms with Crippen molar-refractivity contribution in [2.75, 3.05) is 13.7 Å². The van der Waals surface area contributed by atoms with Crippen LogP contribution in [0.15, 0.2) is 53.7 Å². The molecule has 168 valence electrons. The third kappa shape index (κ3) is 7.67. The van der Waals surface area contributed by atoms with Gasteiger partial charge in [0.2, 0.25) is 0 Å². The lowest BCUT2D eigenvalue weighted by Crippen LogP contribution is -2.23. The predicted octanol–water partition coefficient (Wildman–Crippen LogP) is 6.25. The second kappa shape index (κ2) is 12.0. The van der Waals surface area contributed by atoms with Crippen LogP contribution in [-0.2, 0) is 4.84 Å². The van der Waals surface area contributed by atoms with Crippen molar-refractivity contribution in [1.29, 1.82) is 0 Å². The molecule has 2 rings (SSSR count). The molecule has 0 saturated carbocycles. The van der Waals surface area contributed by atoms with Gasteiger partial charge in [-0.1, -0.05) is 29.4 Å². The van der Waals surface area contributed by atoms with Gasteiger partial charge in [0.15, 0.2) is 0 Å². The lowest BCUT2D eigenvalue weighted by atomic mass is 10.1. The number of ether oxygens (including phenoxy) is 3. The van der Waals surface area contributed by atoms with Crippen LogP contribution in [0, 0.1) is 13.8 Å². The predicted molar refractivity (Wildman–Crippen MR) is 127 cm³/mol. The number of benzene rings is 2. The van der Waals surface area contributed by atoms with Gasteiger partial charge < -0.3 is 19.0 Å². The van der Waals surface area contributed by atoms with E-state index in [4.69, 9.17) is 19.0 Å². The highest BCUT2D eigenvalue weighted by molar-refractivity contribution is 5.98. The van der Waals surface area contributed by atoms with Gasteiger partial charge in [0, 0.05) is 12.0 Å². The highest BCUT2D eigenvalue weighted by Crippen LogP contribution is 2.30. The van der Waals surface area contributed by atoms with Crippen LogP contribution in [0.3, 0.4) is 0 Å². The Labute approximate surface area is 186 Å². The van der Waals surface area contributed by atoms with Crippen LogP contribution >= 0.6 is 0 Å².